The monoisotopic (exact) mass is 590 g/mol. The summed E-state index contributed by atoms with van der Waals surface area (Å²) in [4.78, 5) is 12.8. The third kappa shape index (κ3) is 5.79. The van der Waals surface area contributed by atoms with Gasteiger partial charge < -0.3 is 9.84 Å². The van der Waals surface area contributed by atoms with Gasteiger partial charge in [0.1, 0.15) is 6.10 Å². The highest BCUT2D eigenvalue weighted by Crippen LogP contribution is 2.69. The molecule has 4 aliphatic rings. The second-order valence-corrected chi connectivity index (χ2v) is 16.1. The van der Waals surface area contributed by atoms with E-state index in [9.17, 15) is 23.1 Å². The first-order valence-electron chi connectivity index (χ1n) is 16.6. The summed E-state index contributed by atoms with van der Waals surface area (Å²) in [5, 5.41) is 10.5. The number of benzene rings is 1. The molecule has 0 saturated heterocycles. The maximum atomic E-state index is 13.7. The van der Waals surface area contributed by atoms with E-state index in [1.165, 1.54) is 25.7 Å². The first-order valence-corrected chi connectivity index (χ1v) is 16.6. The van der Waals surface area contributed by atoms with Crippen LogP contribution in [0.3, 0.4) is 0 Å². The van der Waals surface area contributed by atoms with Gasteiger partial charge in [-0.3, -0.25) is 0 Å². The van der Waals surface area contributed by atoms with Crippen LogP contribution in [-0.4, -0.2) is 29.0 Å². The molecule has 0 radical (unpaired) electrons. The molecular formula is C36H53F3O3. The van der Waals surface area contributed by atoms with E-state index >= 15 is 0 Å². The van der Waals surface area contributed by atoms with Crippen molar-refractivity contribution in [3.8, 4) is 0 Å². The van der Waals surface area contributed by atoms with E-state index in [0.717, 1.165) is 38.5 Å². The molecule has 2 unspecified atom stereocenters. The van der Waals surface area contributed by atoms with E-state index in [1.54, 1.807) is 12.1 Å². The number of alkyl halides is 3. The minimum atomic E-state index is -4.54. The van der Waals surface area contributed by atoms with Gasteiger partial charge in [0, 0.05) is 0 Å². The first-order chi connectivity index (χ1) is 19.6. The zero-order valence-corrected chi connectivity index (χ0v) is 26.4. The zero-order valence-electron chi connectivity index (χ0n) is 26.4. The third-order valence-corrected chi connectivity index (χ3v) is 12.9. The minimum Gasteiger partial charge on any atom is -0.458 e. The van der Waals surface area contributed by atoms with Crippen molar-refractivity contribution >= 4 is 5.97 Å². The predicted molar refractivity (Wildman–Crippen MR) is 160 cm³/mol. The maximum absolute atomic E-state index is 13.7. The summed E-state index contributed by atoms with van der Waals surface area (Å²) >= 11 is 0. The highest BCUT2D eigenvalue weighted by atomic mass is 19.4. The summed E-state index contributed by atoms with van der Waals surface area (Å²) in [6.07, 6.45) is 6.43. The molecule has 42 heavy (non-hydrogen) atoms. The number of unbranched alkanes of at least 4 members (excludes halogenated alkanes) is 1. The highest BCUT2D eigenvalue weighted by Gasteiger charge is 2.64. The Hall–Kier alpha value is -1.56. The number of fused-ring (bicyclic) bond motifs is 5. The van der Waals surface area contributed by atoms with E-state index in [-0.39, 0.29) is 41.7 Å². The molecule has 1 aromatic rings. The van der Waals surface area contributed by atoms with Crippen LogP contribution in [0.15, 0.2) is 30.3 Å². The molecule has 0 amide bonds. The van der Waals surface area contributed by atoms with Gasteiger partial charge in [-0.15, -0.1) is 0 Å². The molecule has 4 saturated carbocycles. The lowest BCUT2D eigenvalue weighted by Crippen LogP contribution is -2.59. The fourth-order valence-electron chi connectivity index (χ4n) is 10.2. The van der Waals surface area contributed by atoms with Gasteiger partial charge in [0.25, 0.3) is 0 Å². The highest BCUT2D eigenvalue weighted by molar-refractivity contribution is 5.89. The zero-order chi connectivity index (χ0) is 30.6. The van der Waals surface area contributed by atoms with Gasteiger partial charge in [0.15, 0.2) is 5.60 Å². The topological polar surface area (TPSA) is 46.5 Å². The van der Waals surface area contributed by atoms with Gasteiger partial charge in [-0.25, -0.2) is 4.79 Å². The molecule has 1 aromatic carbocycles. The van der Waals surface area contributed by atoms with E-state index in [4.69, 9.17) is 4.74 Å². The molecule has 4 fully saturated rings. The van der Waals surface area contributed by atoms with Crippen molar-refractivity contribution in [3.63, 3.8) is 0 Å². The summed E-state index contributed by atoms with van der Waals surface area (Å²) in [5.41, 5.74) is -1.80. The summed E-state index contributed by atoms with van der Waals surface area (Å²) < 4.78 is 47.1. The van der Waals surface area contributed by atoms with Crippen LogP contribution < -0.4 is 0 Å². The molecule has 9 atom stereocenters. The van der Waals surface area contributed by atoms with Crippen molar-refractivity contribution in [2.24, 2.45) is 45.8 Å². The molecule has 0 spiro atoms. The quantitative estimate of drug-likeness (QED) is 0.254. The Bertz CT molecular complexity index is 1100. The average molecular weight is 591 g/mol. The molecule has 6 heteroatoms. The Morgan fingerprint density at radius 1 is 0.929 bits per heavy atom. The second-order valence-electron chi connectivity index (χ2n) is 16.1. The van der Waals surface area contributed by atoms with Crippen LogP contribution in [0.25, 0.3) is 0 Å². The van der Waals surface area contributed by atoms with Gasteiger partial charge in [-0.1, -0.05) is 59.2 Å². The smallest absolute Gasteiger partial charge is 0.417 e. The third-order valence-electron chi connectivity index (χ3n) is 12.9. The number of ether oxygens (including phenoxy) is 1. The van der Waals surface area contributed by atoms with Crippen molar-refractivity contribution < 1.29 is 27.8 Å². The van der Waals surface area contributed by atoms with E-state index < -0.39 is 11.8 Å². The number of halogens is 3. The fourth-order valence-corrected chi connectivity index (χ4v) is 10.2. The second kappa shape index (κ2) is 11.4. The van der Waals surface area contributed by atoms with Crippen molar-refractivity contribution in [2.45, 2.75) is 136 Å². The fraction of sp³-hybridized carbons (Fsp3) is 0.806. The molecule has 0 aromatic heterocycles. The van der Waals surface area contributed by atoms with Crippen molar-refractivity contribution in [1.82, 2.24) is 0 Å². The van der Waals surface area contributed by atoms with Crippen LogP contribution >= 0.6 is 0 Å². The summed E-state index contributed by atoms with van der Waals surface area (Å²) in [5.74, 6) is 2.16. The molecule has 1 N–H and O–H groups in total. The minimum absolute atomic E-state index is 0.0348. The number of carbonyl (C=O) groups is 1. The van der Waals surface area contributed by atoms with Crippen molar-refractivity contribution in [1.29, 1.82) is 0 Å². The van der Waals surface area contributed by atoms with Gasteiger partial charge in [-0.2, -0.15) is 13.2 Å². The SMILES string of the molecule is CC(C)(C)[C@@H](CCCC[C@H]1CCC2[C@@H]3CC[C@H]4C[C@](O)(C(F)(F)F)CC[C@]4(C)C3CC[C@@]21C)OC(=O)c1ccccc1. The van der Waals surface area contributed by atoms with E-state index in [2.05, 4.69) is 34.6 Å². The number of aliphatic hydroxyl groups is 1. The molecule has 0 aliphatic heterocycles. The van der Waals surface area contributed by atoms with E-state index in [0.29, 0.717) is 41.1 Å². The Kier molecular flexibility index (Phi) is 8.66. The van der Waals surface area contributed by atoms with Crippen molar-refractivity contribution in [2.75, 3.05) is 0 Å². The molecular weight excluding hydrogens is 537 g/mol. The molecule has 4 aliphatic carbocycles. The van der Waals surface area contributed by atoms with E-state index in [1.807, 2.05) is 18.2 Å². The lowest BCUT2D eigenvalue weighted by molar-refractivity contribution is -0.290. The normalized spacial score (nSPS) is 39.1. The van der Waals surface area contributed by atoms with Crippen LogP contribution in [0, 0.1) is 45.8 Å². The average Bonchev–Trinajstić information content (AvgIpc) is 3.26. The molecule has 5 rings (SSSR count). The predicted octanol–water partition coefficient (Wildman–Crippen LogP) is 9.77. The first kappa shape index (κ1) is 31.9. The number of carbonyl (C=O) groups excluding carboxylic acids is 1. The van der Waals surface area contributed by atoms with Gasteiger partial charge in [0.2, 0.25) is 0 Å². The molecule has 236 valence electrons. The Labute approximate surface area is 251 Å². The van der Waals surface area contributed by atoms with Gasteiger partial charge >= 0.3 is 12.1 Å². The lowest BCUT2D eigenvalue weighted by Gasteiger charge is -2.62. The standard InChI is InChI=1S/C36H53F3O3/c1-32(2,3)30(42-31(40)24-11-7-6-8-12-24)14-10-9-13-25-16-18-28-27-17-15-26-23-35(41,36(37,38)39)22-21-34(26,5)29(27)19-20-33(25,28)4/h6-8,11-12,25-30,41H,9-10,13-23H2,1-5H3/t25-,26-,27-,28?,29?,30+,33+,34-,35-/m0/s1. The number of hydrogen-bond acceptors (Lipinski definition) is 3. The van der Waals surface area contributed by atoms with Crippen LogP contribution in [0.4, 0.5) is 13.2 Å². The number of esters is 1. The Balaban J connectivity index is 1.17. The van der Waals surface area contributed by atoms with Crippen molar-refractivity contribution in [3.05, 3.63) is 35.9 Å². The largest absolute Gasteiger partial charge is 0.458 e. The number of hydrogen-bond donors (Lipinski definition) is 1. The van der Waals surface area contributed by atoms with Crippen LogP contribution in [0.2, 0.25) is 0 Å². The molecule has 3 nitrogen and oxygen atoms in total. The maximum Gasteiger partial charge on any atom is 0.417 e. The molecule has 0 heterocycles. The van der Waals surface area contributed by atoms with Crippen LogP contribution in [-0.2, 0) is 4.74 Å². The van der Waals surface area contributed by atoms with Gasteiger partial charge in [0.05, 0.1) is 5.56 Å². The summed E-state index contributed by atoms with van der Waals surface area (Å²) in [7, 11) is 0. The van der Waals surface area contributed by atoms with Gasteiger partial charge in [-0.05, 0) is 135 Å². The Morgan fingerprint density at radius 3 is 2.29 bits per heavy atom. The van der Waals surface area contributed by atoms with Crippen LogP contribution in [0.5, 0.6) is 0 Å². The summed E-state index contributed by atoms with van der Waals surface area (Å²) in [6, 6.07) is 9.23. The molecule has 0 bridgehead atoms. The Morgan fingerprint density at radius 2 is 1.62 bits per heavy atom. The lowest BCUT2D eigenvalue weighted by atomic mass is 9.43. The van der Waals surface area contributed by atoms with Crippen LogP contribution in [0.1, 0.15) is 128 Å². The summed E-state index contributed by atoms with van der Waals surface area (Å²) in [6.45, 7) is 11.2. The number of rotatable bonds is 7.